The molecule has 0 saturated heterocycles. The second-order valence-corrected chi connectivity index (χ2v) is 5.02. The smallest absolute Gasteiger partial charge is 0.205 e. The summed E-state index contributed by atoms with van der Waals surface area (Å²) in [4.78, 5) is 8.68. The van der Waals surface area contributed by atoms with Crippen LogP contribution in [0.4, 0.5) is 5.82 Å². The van der Waals surface area contributed by atoms with Crippen LogP contribution in [-0.4, -0.2) is 30.3 Å². The number of aromatic nitrogens is 5. The van der Waals surface area contributed by atoms with E-state index >= 15 is 0 Å². The average Bonchev–Trinajstić information content (AvgIpc) is 3.10. The van der Waals surface area contributed by atoms with Crippen LogP contribution in [0.3, 0.4) is 0 Å². The number of nitrogens with one attached hydrogen (secondary N) is 1. The highest BCUT2D eigenvalue weighted by Gasteiger charge is 2.09. The molecule has 1 N–H and O–H groups in total. The standard InChI is InChI=1S/C16H13N7/c1-11(12-5-4-8-17-9-12)20-21-15-16-22-18-10-23(16)14-7-3-2-6-13(14)19-15/h2-10H,1H3,(H,19,21)/b20-11+. The Morgan fingerprint density at radius 3 is 2.96 bits per heavy atom. The molecule has 7 heteroatoms. The number of fused-ring (bicyclic) bond motifs is 3. The summed E-state index contributed by atoms with van der Waals surface area (Å²) >= 11 is 0. The average molecular weight is 303 g/mol. The first-order valence-electron chi connectivity index (χ1n) is 7.12. The van der Waals surface area contributed by atoms with Crippen LogP contribution in [0, 0.1) is 0 Å². The van der Waals surface area contributed by atoms with Gasteiger partial charge in [-0.3, -0.25) is 14.8 Å². The molecule has 4 aromatic rings. The second kappa shape index (κ2) is 5.45. The van der Waals surface area contributed by atoms with Gasteiger partial charge in [-0.05, 0) is 25.1 Å². The molecule has 1 aromatic carbocycles. The van der Waals surface area contributed by atoms with Crippen LogP contribution in [0.2, 0.25) is 0 Å². The Balaban J connectivity index is 1.78. The minimum absolute atomic E-state index is 0.560. The summed E-state index contributed by atoms with van der Waals surface area (Å²) in [6.45, 7) is 1.91. The molecule has 0 saturated carbocycles. The van der Waals surface area contributed by atoms with E-state index in [9.17, 15) is 0 Å². The number of hydrogen-bond donors (Lipinski definition) is 1. The first kappa shape index (κ1) is 13.3. The number of benzene rings is 1. The monoisotopic (exact) mass is 303 g/mol. The Labute approximate surface area is 131 Å². The van der Waals surface area contributed by atoms with Gasteiger partial charge in [0.1, 0.15) is 6.33 Å². The van der Waals surface area contributed by atoms with Gasteiger partial charge in [0.15, 0.2) is 5.82 Å². The first-order chi connectivity index (χ1) is 11.3. The molecule has 0 fully saturated rings. The van der Waals surface area contributed by atoms with Gasteiger partial charge in [0.2, 0.25) is 5.65 Å². The van der Waals surface area contributed by atoms with Gasteiger partial charge in [0.05, 0.1) is 16.7 Å². The third-order valence-electron chi connectivity index (χ3n) is 3.54. The van der Waals surface area contributed by atoms with Crippen LogP contribution >= 0.6 is 0 Å². The van der Waals surface area contributed by atoms with Gasteiger partial charge in [-0.2, -0.15) is 5.10 Å². The van der Waals surface area contributed by atoms with Crippen molar-refractivity contribution < 1.29 is 0 Å². The van der Waals surface area contributed by atoms with Gasteiger partial charge in [0.25, 0.3) is 0 Å². The lowest BCUT2D eigenvalue weighted by atomic mass is 10.2. The number of nitrogens with zero attached hydrogens (tertiary/aromatic N) is 6. The molecule has 0 atom stereocenters. The summed E-state index contributed by atoms with van der Waals surface area (Å²) in [5, 5.41) is 12.5. The van der Waals surface area contributed by atoms with Crippen molar-refractivity contribution in [1.29, 1.82) is 0 Å². The van der Waals surface area contributed by atoms with Crippen LogP contribution in [0.15, 0.2) is 60.2 Å². The maximum atomic E-state index is 4.58. The van der Waals surface area contributed by atoms with Gasteiger partial charge in [0, 0.05) is 18.0 Å². The highest BCUT2D eigenvalue weighted by atomic mass is 15.3. The summed E-state index contributed by atoms with van der Waals surface area (Å²) in [7, 11) is 0. The van der Waals surface area contributed by atoms with E-state index in [0.717, 1.165) is 22.3 Å². The van der Waals surface area contributed by atoms with Gasteiger partial charge < -0.3 is 0 Å². The van der Waals surface area contributed by atoms with Crippen molar-refractivity contribution in [1.82, 2.24) is 24.6 Å². The van der Waals surface area contributed by atoms with Crippen molar-refractivity contribution in [3.05, 3.63) is 60.7 Å². The molecule has 23 heavy (non-hydrogen) atoms. The van der Waals surface area contributed by atoms with Crippen LogP contribution in [-0.2, 0) is 0 Å². The van der Waals surface area contributed by atoms with E-state index in [-0.39, 0.29) is 0 Å². The highest BCUT2D eigenvalue weighted by Crippen LogP contribution is 2.19. The Kier molecular flexibility index (Phi) is 3.16. The summed E-state index contributed by atoms with van der Waals surface area (Å²) in [6, 6.07) is 11.7. The first-order valence-corrected chi connectivity index (χ1v) is 7.12. The van der Waals surface area contributed by atoms with Crippen LogP contribution in [0.5, 0.6) is 0 Å². The number of pyridine rings is 1. The molecule has 0 bridgehead atoms. The fourth-order valence-corrected chi connectivity index (χ4v) is 2.36. The zero-order valence-electron chi connectivity index (χ0n) is 12.4. The molecule has 0 aliphatic carbocycles. The molecule has 0 spiro atoms. The molecule has 0 unspecified atom stereocenters. The SMILES string of the molecule is C/C(=N\Nc1nc2ccccc2n2cnnc12)c1cccnc1. The van der Waals surface area contributed by atoms with Gasteiger partial charge >= 0.3 is 0 Å². The van der Waals surface area contributed by atoms with E-state index in [0.29, 0.717) is 11.5 Å². The second-order valence-electron chi connectivity index (χ2n) is 5.02. The summed E-state index contributed by atoms with van der Waals surface area (Å²) in [5.74, 6) is 0.560. The molecular weight excluding hydrogens is 290 g/mol. The molecule has 3 heterocycles. The maximum Gasteiger partial charge on any atom is 0.205 e. The fourth-order valence-electron chi connectivity index (χ4n) is 2.36. The minimum atomic E-state index is 0.560. The third-order valence-corrected chi connectivity index (χ3v) is 3.54. The summed E-state index contributed by atoms with van der Waals surface area (Å²) in [6.07, 6.45) is 5.16. The van der Waals surface area contributed by atoms with Crippen molar-refractivity contribution in [2.24, 2.45) is 5.10 Å². The maximum absolute atomic E-state index is 4.58. The van der Waals surface area contributed by atoms with E-state index in [2.05, 4.69) is 30.7 Å². The zero-order valence-corrected chi connectivity index (χ0v) is 12.4. The molecule has 112 valence electrons. The Morgan fingerprint density at radius 2 is 2.09 bits per heavy atom. The molecule has 7 nitrogen and oxygen atoms in total. The molecule has 0 radical (unpaired) electrons. The Bertz CT molecular complexity index is 1000. The third kappa shape index (κ3) is 2.38. The lowest BCUT2D eigenvalue weighted by Gasteiger charge is -2.06. The van der Waals surface area contributed by atoms with E-state index in [1.807, 2.05) is 47.7 Å². The quantitative estimate of drug-likeness (QED) is 0.464. The molecule has 3 aromatic heterocycles. The normalized spacial score (nSPS) is 12.0. The molecule has 0 amide bonds. The van der Waals surface area contributed by atoms with Crippen molar-refractivity contribution >= 4 is 28.2 Å². The Morgan fingerprint density at radius 1 is 1.17 bits per heavy atom. The van der Waals surface area contributed by atoms with Gasteiger partial charge in [-0.15, -0.1) is 10.2 Å². The number of rotatable bonds is 3. The van der Waals surface area contributed by atoms with E-state index in [4.69, 9.17) is 0 Å². The predicted molar refractivity (Wildman–Crippen MR) is 88.4 cm³/mol. The summed E-state index contributed by atoms with van der Waals surface area (Å²) < 4.78 is 1.89. The number of anilines is 1. The van der Waals surface area contributed by atoms with Crippen molar-refractivity contribution in [2.75, 3.05) is 5.43 Å². The minimum Gasteiger partial charge on any atom is -0.277 e. The number of hydrazone groups is 1. The van der Waals surface area contributed by atoms with Crippen LogP contribution in [0.25, 0.3) is 16.7 Å². The predicted octanol–water partition coefficient (Wildman–Crippen LogP) is 2.51. The largest absolute Gasteiger partial charge is 0.277 e. The summed E-state index contributed by atoms with van der Waals surface area (Å²) in [5.41, 5.74) is 7.17. The van der Waals surface area contributed by atoms with E-state index in [1.54, 1.807) is 18.7 Å². The van der Waals surface area contributed by atoms with Crippen LogP contribution in [0.1, 0.15) is 12.5 Å². The van der Waals surface area contributed by atoms with Crippen molar-refractivity contribution in [2.45, 2.75) is 6.92 Å². The van der Waals surface area contributed by atoms with Gasteiger partial charge in [-0.25, -0.2) is 4.98 Å². The zero-order chi connectivity index (χ0) is 15.6. The lowest BCUT2D eigenvalue weighted by Crippen LogP contribution is -2.03. The fraction of sp³-hybridized carbons (Fsp3) is 0.0625. The molecular formula is C16H13N7. The van der Waals surface area contributed by atoms with E-state index in [1.165, 1.54) is 0 Å². The van der Waals surface area contributed by atoms with Crippen LogP contribution < -0.4 is 5.43 Å². The molecule has 4 rings (SSSR count). The van der Waals surface area contributed by atoms with Crippen molar-refractivity contribution in [3.63, 3.8) is 0 Å². The number of para-hydroxylation sites is 2. The van der Waals surface area contributed by atoms with E-state index < -0.39 is 0 Å². The molecule has 0 aliphatic rings. The van der Waals surface area contributed by atoms with Gasteiger partial charge in [-0.1, -0.05) is 18.2 Å². The topological polar surface area (TPSA) is 80.4 Å². The lowest BCUT2D eigenvalue weighted by molar-refractivity contribution is 1.11. The Hall–Kier alpha value is -3.35. The van der Waals surface area contributed by atoms with Crippen molar-refractivity contribution in [3.8, 4) is 0 Å². The molecule has 0 aliphatic heterocycles. The number of hydrogen-bond acceptors (Lipinski definition) is 6. The highest BCUT2D eigenvalue weighted by molar-refractivity contribution is 5.99.